The van der Waals surface area contributed by atoms with E-state index in [1.165, 1.54) is 19.1 Å². The Hall–Kier alpha value is -3.87. The number of benzene rings is 2. The number of hydrogen-bond donors (Lipinski definition) is 2. The van der Waals surface area contributed by atoms with E-state index in [1.807, 2.05) is 0 Å². The number of alkyl halides is 3. The summed E-state index contributed by atoms with van der Waals surface area (Å²) in [5.74, 6) is -0.939. The van der Waals surface area contributed by atoms with Gasteiger partial charge in [0.25, 0.3) is 15.9 Å². The number of carbonyl (C=O) groups is 2. The summed E-state index contributed by atoms with van der Waals surface area (Å²) in [6, 6.07) is 9.64. The minimum absolute atomic E-state index is 0.0463. The number of sulfonamides is 1. The lowest BCUT2D eigenvalue weighted by Crippen LogP contribution is -2.30. The number of hydrogen-bond acceptors (Lipinski definition) is 7. The Morgan fingerprint density at radius 1 is 1.09 bits per heavy atom. The fourth-order valence-electron chi connectivity index (χ4n) is 2.68. The quantitative estimate of drug-likeness (QED) is 0.473. The van der Waals surface area contributed by atoms with Crippen LogP contribution in [-0.2, 0) is 25.7 Å². The minimum Gasteiger partial charge on any atom is -0.449 e. The van der Waals surface area contributed by atoms with E-state index in [-0.39, 0.29) is 22.0 Å². The Morgan fingerprint density at radius 2 is 1.76 bits per heavy atom. The molecule has 0 fully saturated rings. The van der Waals surface area contributed by atoms with Gasteiger partial charge in [0.15, 0.2) is 11.9 Å². The van der Waals surface area contributed by atoms with Gasteiger partial charge in [-0.15, -0.1) is 0 Å². The lowest BCUT2D eigenvalue weighted by Gasteiger charge is -2.13. The third-order valence-corrected chi connectivity index (χ3v) is 5.77. The molecule has 3 aromatic rings. The largest absolute Gasteiger partial charge is 0.449 e. The fraction of sp³-hybridized carbons (Fsp3) is 0.190. The van der Waals surface area contributed by atoms with Gasteiger partial charge in [0, 0.05) is 11.8 Å². The van der Waals surface area contributed by atoms with Crippen molar-refractivity contribution in [1.29, 1.82) is 0 Å². The summed E-state index contributed by atoms with van der Waals surface area (Å²) in [7, 11) is -4.24. The highest BCUT2D eigenvalue weighted by atomic mass is 32.2. The molecule has 0 bridgehead atoms. The van der Waals surface area contributed by atoms with Gasteiger partial charge in [-0.2, -0.15) is 13.2 Å². The standard InChI is InChI=1S/C21H18F3N3O6S/c1-12-10-18(26-33-12)25-19(28)13(2)32-20(29)14-6-8-17(9-7-14)34(30,31)27-16-5-3-4-15(11-16)21(22,23)24/h3-11,13,27H,1-2H3,(H,25,26,28). The summed E-state index contributed by atoms with van der Waals surface area (Å²) in [6.45, 7) is 2.96. The maximum atomic E-state index is 12.8. The van der Waals surface area contributed by atoms with Crippen LogP contribution in [0.1, 0.15) is 28.6 Å². The Bertz CT molecular complexity index is 1300. The lowest BCUT2D eigenvalue weighted by molar-refractivity contribution is -0.137. The van der Waals surface area contributed by atoms with Crippen molar-refractivity contribution < 1.29 is 40.4 Å². The first-order valence-electron chi connectivity index (χ1n) is 9.60. The second-order valence-corrected chi connectivity index (χ2v) is 8.75. The Labute approximate surface area is 191 Å². The van der Waals surface area contributed by atoms with Crippen LogP contribution in [0.5, 0.6) is 0 Å². The normalized spacial score (nSPS) is 12.6. The predicted octanol–water partition coefficient (Wildman–Crippen LogP) is 3.99. The van der Waals surface area contributed by atoms with Crippen LogP contribution in [0.3, 0.4) is 0 Å². The number of ether oxygens (including phenoxy) is 1. The molecule has 1 aromatic heterocycles. The third kappa shape index (κ3) is 6.13. The van der Waals surface area contributed by atoms with Gasteiger partial charge in [-0.3, -0.25) is 9.52 Å². The molecule has 2 N–H and O–H groups in total. The number of aryl methyl sites for hydroxylation is 1. The Balaban J connectivity index is 1.65. The average Bonchev–Trinajstić information content (AvgIpc) is 3.17. The first kappa shape index (κ1) is 24.8. The number of halogens is 3. The van der Waals surface area contributed by atoms with Crippen LogP contribution >= 0.6 is 0 Å². The van der Waals surface area contributed by atoms with Gasteiger partial charge >= 0.3 is 12.1 Å². The molecule has 1 heterocycles. The van der Waals surface area contributed by atoms with E-state index in [2.05, 4.69) is 15.2 Å². The van der Waals surface area contributed by atoms with Crippen molar-refractivity contribution in [3.63, 3.8) is 0 Å². The predicted molar refractivity (Wildman–Crippen MR) is 113 cm³/mol. The van der Waals surface area contributed by atoms with Crippen molar-refractivity contribution in [2.24, 2.45) is 0 Å². The molecule has 0 saturated carbocycles. The number of carbonyl (C=O) groups excluding carboxylic acids is 2. The van der Waals surface area contributed by atoms with Crippen LogP contribution in [0.15, 0.2) is 64.0 Å². The van der Waals surface area contributed by atoms with Gasteiger partial charge in [-0.1, -0.05) is 11.2 Å². The molecule has 1 atom stereocenters. The second-order valence-electron chi connectivity index (χ2n) is 7.07. The highest BCUT2D eigenvalue weighted by Crippen LogP contribution is 2.31. The maximum absolute atomic E-state index is 12.8. The van der Waals surface area contributed by atoms with Crippen molar-refractivity contribution >= 4 is 33.4 Å². The average molecular weight is 497 g/mol. The van der Waals surface area contributed by atoms with Gasteiger partial charge in [0.1, 0.15) is 5.76 Å². The molecule has 3 rings (SSSR count). The maximum Gasteiger partial charge on any atom is 0.416 e. The van der Waals surface area contributed by atoms with Crippen molar-refractivity contribution in [3.05, 3.63) is 71.5 Å². The molecular formula is C21H18F3N3O6S. The van der Waals surface area contributed by atoms with Crippen LogP contribution in [-0.4, -0.2) is 31.6 Å². The topological polar surface area (TPSA) is 128 Å². The molecule has 2 aromatic carbocycles. The van der Waals surface area contributed by atoms with Crippen LogP contribution in [0.4, 0.5) is 24.7 Å². The van der Waals surface area contributed by atoms with Gasteiger partial charge in [0.2, 0.25) is 0 Å². The van der Waals surface area contributed by atoms with Crippen molar-refractivity contribution in [2.75, 3.05) is 10.0 Å². The van der Waals surface area contributed by atoms with Crippen LogP contribution in [0, 0.1) is 6.92 Å². The molecule has 1 amide bonds. The Kier molecular flexibility index (Phi) is 6.96. The van der Waals surface area contributed by atoms with Crippen molar-refractivity contribution in [3.8, 4) is 0 Å². The minimum atomic E-state index is -4.63. The number of amides is 1. The molecule has 13 heteroatoms. The zero-order valence-electron chi connectivity index (χ0n) is 17.7. The molecule has 1 unspecified atom stereocenters. The summed E-state index contributed by atoms with van der Waals surface area (Å²) >= 11 is 0. The first-order chi connectivity index (χ1) is 15.8. The molecule has 0 saturated heterocycles. The Morgan fingerprint density at radius 3 is 2.35 bits per heavy atom. The molecule has 0 aliphatic rings. The van der Waals surface area contributed by atoms with Crippen LogP contribution in [0.2, 0.25) is 0 Å². The summed E-state index contributed by atoms with van der Waals surface area (Å²) in [5.41, 5.74) is -1.34. The second kappa shape index (κ2) is 9.55. The smallest absolute Gasteiger partial charge is 0.416 e. The van der Waals surface area contributed by atoms with E-state index in [1.54, 1.807) is 6.92 Å². The highest BCUT2D eigenvalue weighted by Gasteiger charge is 2.30. The SMILES string of the molecule is Cc1cc(NC(=O)C(C)OC(=O)c2ccc(S(=O)(=O)Nc3cccc(C(F)(F)F)c3)cc2)no1. The summed E-state index contributed by atoms with van der Waals surface area (Å²) < 4.78 is 75.5. The molecule has 34 heavy (non-hydrogen) atoms. The summed E-state index contributed by atoms with van der Waals surface area (Å²) in [6.07, 6.45) is -5.83. The van der Waals surface area contributed by atoms with Gasteiger partial charge in [-0.05, 0) is 56.3 Å². The fourth-order valence-corrected chi connectivity index (χ4v) is 3.73. The number of nitrogens with one attached hydrogen (secondary N) is 2. The first-order valence-corrected chi connectivity index (χ1v) is 11.1. The number of esters is 1. The van der Waals surface area contributed by atoms with Crippen LogP contribution < -0.4 is 10.0 Å². The number of nitrogens with zero attached hydrogens (tertiary/aromatic N) is 1. The van der Waals surface area contributed by atoms with E-state index in [9.17, 15) is 31.2 Å². The summed E-state index contributed by atoms with van der Waals surface area (Å²) in [5, 5.41) is 5.99. The zero-order valence-corrected chi connectivity index (χ0v) is 18.5. The van der Waals surface area contributed by atoms with E-state index >= 15 is 0 Å². The van der Waals surface area contributed by atoms with Crippen molar-refractivity contribution in [1.82, 2.24) is 5.16 Å². The zero-order chi connectivity index (χ0) is 25.1. The van der Waals surface area contributed by atoms with Gasteiger partial charge in [-0.25, -0.2) is 13.2 Å². The monoisotopic (exact) mass is 497 g/mol. The molecule has 9 nitrogen and oxygen atoms in total. The van der Waals surface area contributed by atoms with E-state index in [0.29, 0.717) is 11.8 Å². The molecule has 0 spiro atoms. The lowest BCUT2D eigenvalue weighted by atomic mass is 10.2. The number of aromatic nitrogens is 1. The number of rotatable bonds is 7. The molecule has 0 radical (unpaired) electrons. The molecule has 180 valence electrons. The van der Waals surface area contributed by atoms with E-state index in [0.717, 1.165) is 36.4 Å². The highest BCUT2D eigenvalue weighted by molar-refractivity contribution is 7.92. The molecule has 0 aliphatic heterocycles. The van der Waals surface area contributed by atoms with Crippen molar-refractivity contribution in [2.45, 2.75) is 31.0 Å². The third-order valence-electron chi connectivity index (χ3n) is 4.37. The van der Waals surface area contributed by atoms with Crippen LogP contribution in [0.25, 0.3) is 0 Å². The number of anilines is 2. The molecular weight excluding hydrogens is 479 g/mol. The van der Waals surface area contributed by atoms with E-state index < -0.39 is 39.7 Å². The van der Waals surface area contributed by atoms with E-state index in [4.69, 9.17) is 9.26 Å². The molecule has 0 aliphatic carbocycles. The summed E-state index contributed by atoms with van der Waals surface area (Å²) in [4.78, 5) is 24.1. The van der Waals surface area contributed by atoms with Gasteiger partial charge in [0.05, 0.1) is 16.0 Å². The van der Waals surface area contributed by atoms with Gasteiger partial charge < -0.3 is 14.6 Å².